The van der Waals surface area contributed by atoms with E-state index in [0.717, 1.165) is 6.92 Å². The summed E-state index contributed by atoms with van der Waals surface area (Å²) in [6, 6.07) is 0. The first-order chi connectivity index (χ1) is 8.65. The third-order valence-electron chi connectivity index (χ3n) is 1.18. The summed E-state index contributed by atoms with van der Waals surface area (Å²) in [5.74, 6) is -0.833. The third kappa shape index (κ3) is 29.5. The minimum atomic E-state index is -0.833. The van der Waals surface area contributed by atoms with Gasteiger partial charge in [0.2, 0.25) is 0 Å². The van der Waals surface area contributed by atoms with Crippen molar-refractivity contribution in [1.82, 2.24) is 0 Å². The van der Waals surface area contributed by atoms with E-state index in [2.05, 4.69) is 0 Å². The van der Waals surface area contributed by atoms with Crippen LogP contribution >= 0.6 is 0 Å². The van der Waals surface area contributed by atoms with E-state index in [0.29, 0.717) is 39.6 Å². The summed E-state index contributed by atoms with van der Waals surface area (Å²) in [5.41, 5.74) is 0. The molecule has 0 atom stereocenters. The zero-order chi connectivity index (χ0) is 14.1. The monoisotopic (exact) mass is 270 g/mol. The minimum absolute atomic E-state index is 0.00978. The number of aliphatic hydroxyl groups excluding tert-OH is 2. The molecule has 0 spiro atoms. The highest BCUT2D eigenvalue weighted by Crippen LogP contribution is 1.82. The minimum Gasteiger partial charge on any atom is -0.481 e. The van der Waals surface area contributed by atoms with Crippen LogP contribution in [0.1, 0.15) is 6.92 Å². The second-order valence-corrected chi connectivity index (χ2v) is 2.83. The molecule has 0 fully saturated rings. The summed E-state index contributed by atoms with van der Waals surface area (Å²) < 4.78 is 9.82. The van der Waals surface area contributed by atoms with Gasteiger partial charge in [0, 0.05) is 6.92 Å². The number of aliphatic carboxylic acids is 1. The summed E-state index contributed by atoms with van der Waals surface area (Å²) in [6.45, 7) is 3.13. The van der Waals surface area contributed by atoms with Crippen molar-refractivity contribution in [2.24, 2.45) is 0 Å². The number of hydrogen-bond acceptors (Lipinski definition) is 7. The van der Waals surface area contributed by atoms with Crippen molar-refractivity contribution in [2.45, 2.75) is 6.92 Å². The van der Waals surface area contributed by atoms with Crippen LogP contribution < -0.4 is 0 Å². The van der Waals surface area contributed by atoms with Crippen molar-refractivity contribution < 1.29 is 39.4 Å². The Morgan fingerprint density at radius 2 is 1.17 bits per heavy atom. The highest BCUT2D eigenvalue weighted by molar-refractivity contribution is 5.62. The fourth-order valence-corrected chi connectivity index (χ4v) is 0.637. The number of ether oxygens (including phenoxy) is 2. The van der Waals surface area contributed by atoms with E-state index in [4.69, 9.17) is 39.4 Å². The molecule has 0 aromatic carbocycles. The van der Waals surface area contributed by atoms with Gasteiger partial charge in [-0.3, -0.25) is 4.79 Å². The molecule has 0 heterocycles. The van der Waals surface area contributed by atoms with Crippen LogP contribution in [0.25, 0.3) is 0 Å². The molecule has 18 heavy (non-hydrogen) atoms. The van der Waals surface area contributed by atoms with Crippen molar-refractivity contribution in [3.63, 3.8) is 0 Å². The fourth-order valence-electron chi connectivity index (χ4n) is 0.637. The normalized spacial score (nSPS) is 9.72. The molecule has 8 nitrogen and oxygen atoms in total. The molecule has 3 N–H and O–H groups in total. The Labute approximate surface area is 106 Å². The predicted molar refractivity (Wildman–Crippen MR) is 61.0 cm³/mol. The molecule has 0 unspecified atom stereocenters. The fraction of sp³-hybridized carbons (Fsp3) is 0.900. The molecule has 0 amide bonds. The lowest BCUT2D eigenvalue weighted by Crippen LogP contribution is -2.11. The van der Waals surface area contributed by atoms with Gasteiger partial charge >= 0.3 is 0 Å². The maximum atomic E-state index is 9.00. The highest BCUT2D eigenvalue weighted by atomic mass is 17.2. The smallest absolute Gasteiger partial charge is 0.300 e. The van der Waals surface area contributed by atoms with E-state index in [-0.39, 0.29) is 13.2 Å². The maximum Gasteiger partial charge on any atom is 0.300 e. The Morgan fingerprint density at radius 1 is 0.833 bits per heavy atom. The number of aliphatic hydroxyl groups is 2. The summed E-state index contributed by atoms with van der Waals surface area (Å²) in [5, 5.41) is 24.1. The summed E-state index contributed by atoms with van der Waals surface area (Å²) >= 11 is 0. The van der Waals surface area contributed by atoms with Gasteiger partial charge in [0.15, 0.2) is 0 Å². The molecule has 0 aliphatic rings. The van der Waals surface area contributed by atoms with E-state index >= 15 is 0 Å². The van der Waals surface area contributed by atoms with Gasteiger partial charge in [0.1, 0.15) is 13.2 Å². The Hall–Kier alpha value is -0.770. The molecule has 0 radical (unpaired) electrons. The van der Waals surface area contributed by atoms with Gasteiger partial charge in [-0.2, -0.15) is 0 Å². The van der Waals surface area contributed by atoms with E-state index < -0.39 is 5.97 Å². The third-order valence-corrected chi connectivity index (χ3v) is 1.18. The SMILES string of the molecule is CC(=O)O.OCCOCCOOCCOCCO. The van der Waals surface area contributed by atoms with Crippen LogP contribution in [0.5, 0.6) is 0 Å². The number of carbonyl (C=O) groups is 1. The van der Waals surface area contributed by atoms with Gasteiger partial charge in [0.25, 0.3) is 5.97 Å². The molecule has 8 heteroatoms. The Morgan fingerprint density at radius 3 is 1.44 bits per heavy atom. The predicted octanol–water partition coefficient (Wildman–Crippen LogP) is -0.957. The van der Waals surface area contributed by atoms with Gasteiger partial charge in [-0.1, -0.05) is 0 Å². The molecule has 0 aliphatic carbocycles. The van der Waals surface area contributed by atoms with Gasteiger partial charge < -0.3 is 24.8 Å². The van der Waals surface area contributed by atoms with Gasteiger partial charge in [-0.05, 0) is 0 Å². The Balaban J connectivity index is 0. The van der Waals surface area contributed by atoms with E-state index in [1.165, 1.54) is 0 Å². The van der Waals surface area contributed by atoms with E-state index in [1.807, 2.05) is 0 Å². The van der Waals surface area contributed by atoms with Gasteiger partial charge in [0.05, 0.1) is 39.6 Å². The molecule has 0 saturated carbocycles. The number of hydrogen-bond donors (Lipinski definition) is 3. The van der Waals surface area contributed by atoms with Crippen molar-refractivity contribution in [3.05, 3.63) is 0 Å². The van der Waals surface area contributed by atoms with Crippen LogP contribution in [-0.2, 0) is 24.0 Å². The standard InChI is InChI=1S/C8H18O6.C2H4O2/c9-1-3-11-5-7-13-14-8-6-12-4-2-10;1-2(3)4/h9-10H,1-8H2;1H3,(H,3,4). The van der Waals surface area contributed by atoms with Gasteiger partial charge in [-0.15, -0.1) is 0 Å². The topological polar surface area (TPSA) is 115 Å². The molecule has 0 rings (SSSR count). The molecule has 0 aromatic rings. The Kier molecular flexibility index (Phi) is 20.2. The van der Waals surface area contributed by atoms with E-state index in [9.17, 15) is 0 Å². The molecule has 0 aromatic heterocycles. The van der Waals surface area contributed by atoms with Crippen LogP contribution in [0.3, 0.4) is 0 Å². The molecule has 0 bridgehead atoms. The second-order valence-electron chi connectivity index (χ2n) is 2.83. The summed E-state index contributed by atoms with van der Waals surface area (Å²) in [6.07, 6.45) is 0. The Bertz CT molecular complexity index is 148. The zero-order valence-corrected chi connectivity index (χ0v) is 10.5. The quantitative estimate of drug-likeness (QED) is 0.250. The van der Waals surface area contributed by atoms with Crippen molar-refractivity contribution in [1.29, 1.82) is 0 Å². The summed E-state index contributed by atoms with van der Waals surface area (Å²) in [4.78, 5) is 18.4. The molecule has 0 aliphatic heterocycles. The first-order valence-electron chi connectivity index (χ1n) is 5.46. The van der Waals surface area contributed by atoms with Crippen molar-refractivity contribution in [3.8, 4) is 0 Å². The van der Waals surface area contributed by atoms with Gasteiger partial charge in [-0.25, -0.2) is 9.78 Å². The van der Waals surface area contributed by atoms with Crippen LogP contribution in [-0.4, -0.2) is 74.1 Å². The largest absolute Gasteiger partial charge is 0.481 e. The van der Waals surface area contributed by atoms with Crippen LogP contribution in [0.4, 0.5) is 0 Å². The average Bonchev–Trinajstić information content (AvgIpc) is 2.31. The number of carboxylic acid groups (broad SMARTS) is 1. The van der Waals surface area contributed by atoms with Crippen molar-refractivity contribution in [2.75, 3.05) is 52.9 Å². The first kappa shape index (κ1) is 19.6. The molecule has 110 valence electrons. The number of rotatable bonds is 11. The van der Waals surface area contributed by atoms with Crippen LogP contribution in [0, 0.1) is 0 Å². The number of carboxylic acids is 1. The molecule has 0 saturated heterocycles. The lowest BCUT2D eigenvalue weighted by Gasteiger charge is -2.04. The molecular weight excluding hydrogens is 248 g/mol. The lowest BCUT2D eigenvalue weighted by molar-refractivity contribution is -0.303. The second kappa shape index (κ2) is 18.6. The maximum absolute atomic E-state index is 9.00. The van der Waals surface area contributed by atoms with Crippen LogP contribution in [0.15, 0.2) is 0 Å². The summed E-state index contributed by atoms with van der Waals surface area (Å²) in [7, 11) is 0. The van der Waals surface area contributed by atoms with Crippen molar-refractivity contribution >= 4 is 5.97 Å². The average molecular weight is 270 g/mol. The lowest BCUT2D eigenvalue weighted by atomic mass is 10.7. The molecular formula is C10H22O8. The van der Waals surface area contributed by atoms with Crippen LogP contribution in [0.2, 0.25) is 0 Å². The highest BCUT2D eigenvalue weighted by Gasteiger charge is 1.91. The van der Waals surface area contributed by atoms with E-state index in [1.54, 1.807) is 0 Å². The zero-order valence-electron chi connectivity index (χ0n) is 10.5. The first-order valence-corrected chi connectivity index (χ1v) is 5.46.